The number of hydrogen-bond donors (Lipinski definition) is 2. The molecule has 2 heterocycles. The van der Waals surface area contributed by atoms with Crippen LogP contribution in [0.25, 0.3) is 22.6 Å². The molecule has 1 aliphatic heterocycles. The second-order valence-electron chi connectivity index (χ2n) is 6.50. The first-order valence-corrected chi connectivity index (χ1v) is 8.63. The Morgan fingerprint density at radius 1 is 1.11 bits per heavy atom. The van der Waals surface area contributed by atoms with Crippen LogP contribution in [-0.2, 0) is 10.9 Å². The Labute approximate surface area is 153 Å². The summed E-state index contributed by atoms with van der Waals surface area (Å²) in [5, 5.41) is 2.95. The zero-order valence-corrected chi connectivity index (χ0v) is 14.3. The number of ether oxygens (including phenoxy) is 1. The summed E-state index contributed by atoms with van der Waals surface area (Å²) in [6.07, 6.45) is -3.31. The SMILES string of the molecule is Nc1cc(-c2nc3ccccc3o2)cc(C(F)(F)F)c1NC1CCOCC1. The number of rotatable bonds is 3. The van der Waals surface area contributed by atoms with Crippen LogP contribution in [0.4, 0.5) is 24.5 Å². The molecule has 0 atom stereocenters. The molecule has 1 aromatic heterocycles. The zero-order chi connectivity index (χ0) is 19.0. The number of hydrogen-bond acceptors (Lipinski definition) is 5. The predicted molar refractivity (Wildman–Crippen MR) is 96.3 cm³/mol. The van der Waals surface area contributed by atoms with Crippen molar-refractivity contribution in [1.29, 1.82) is 0 Å². The minimum absolute atomic E-state index is 0.00794. The Morgan fingerprint density at radius 3 is 2.56 bits per heavy atom. The summed E-state index contributed by atoms with van der Waals surface area (Å²) in [7, 11) is 0. The second kappa shape index (κ2) is 6.77. The third-order valence-electron chi connectivity index (χ3n) is 4.58. The summed E-state index contributed by atoms with van der Waals surface area (Å²) >= 11 is 0. The molecule has 0 bridgehead atoms. The van der Waals surface area contributed by atoms with Crippen LogP contribution in [0.3, 0.4) is 0 Å². The number of nitrogens with zero attached hydrogens (tertiary/aromatic N) is 1. The van der Waals surface area contributed by atoms with Crippen LogP contribution in [0.15, 0.2) is 40.8 Å². The van der Waals surface area contributed by atoms with Gasteiger partial charge in [0.15, 0.2) is 5.58 Å². The molecule has 0 saturated carbocycles. The van der Waals surface area contributed by atoms with Gasteiger partial charge in [0.05, 0.1) is 16.9 Å². The van der Waals surface area contributed by atoms with E-state index in [-0.39, 0.29) is 28.9 Å². The molecule has 8 heteroatoms. The molecule has 5 nitrogen and oxygen atoms in total. The first-order chi connectivity index (χ1) is 12.9. The molecule has 1 aliphatic rings. The van der Waals surface area contributed by atoms with Gasteiger partial charge in [0.25, 0.3) is 0 Å². The van der Waals surface area contributed by atoms with E-state index in [0.717, 1.165) is 6.07 Å². The number of halogens is 3. The standard InChI is InChI=1S/C19H18F3N3O2/c20-19(21,22)13-9-11(18-25-15-3-1-2-4-16(15)27-18)10-14(23)17(13)24-12-5-7-26-8-6-12/h1-4,9-10,12,24H,5-8,23H2. The van der Waals surface area contributed by atoms with Crippen molar-refractivity contribution >= 4 is 22.5 Å². The zero-order valence-electron chi connectivity index (χ0n) is 14.3. The van der Waals surface area contributed by atoms with Gasteiger partial charge >= 0.3 is 6.18 Å². The summed E-state index contributed by atoms with van der Waals surface area (Å²) < 4.78 is 52.0. The molecule has 27 heavy (non-hydrogen) atoms. The number of alkyl halides is 3. The highest BCUT2D eigenvalue weighted by Crippen LogP contribution is 2.42. The van der Waals surface area contributed by atoms with Crippen LogP contribution in [0.2, 0.25) is 0 Å². The van der Waals surface area contributed by atoms with E-state index in [9.17, 15) is 13.2 Å². The van der Waals surface area contributed by atoms with Crippen LogP contribution < -0.4 is 11.1 Å². The van der Waals surface area contributed by atoms with Gasteiger partial charge in [-0.15, -0.1) is 0 Å². The molecular formula is C19H18F3N3O2. The smallest absolute Gasteiger partial charge is 0.418 e. The van der Waals surface area contributed by atoms with Gasteiger partial charge < -0.3 is 20.2 Å². The van der Waals surface area contributed by atoms with Crippen molar-refractivity contribution in [2.45, 2.75) is 25.1 Å². The third kappa shape index (κ3) is 3.57. The van der Waals surface area contributed by atoms with Crippen molar-refractivity contribution in [3.05, 3.63) is 42.0 Å². The summed E-state index contributed by atoms with van der Waals surface area (Å²) in [5.41, 5.74) is 6.35. The van der Waals surface area contributed by atoms with E-state index >= 15 is 0 Å². The van der Waals surface area contributed by atoms with Gasteiger partial charge in [0.1, 0.15) is 5.52 Å². The topological polar surface area (TPSA) is 73.3 Å². The van der Waals surface area contributed by atoms with Gasteiger partial charge in [0.2, 0.25) is 5.89 Å². The summed E-state index contributed by atoms with van der Waals surface area (Å²) in [6.45, 7) is 1.03. The molecular weight excluding hydrogens is 359 g/mol. The van der Waals surface area contributed by atoms with E-state index in [0.29, 0.717) is 37.2 Å². The maximum absolute atomic E-state index is 13.7. The van der Waals surface area contributed by atoms with E-state index in [2.05, 4.69) is 10.3 Å². The highest BCUT2D eigenvalue weighted by molar-refractivity contribution is 5.81. The largest absolute Gasteiger partial charge is 0.436 e. The number of nitrogens with one attached hydrogen (secondary N) is 1. The fraction of sp³-hybridized carbons (Fsp3) is 0.316. The lowest BCUT2D eigenvalue weighted by Crippen LogP contribution is -2.29. The van der Waals surface area contributed by atoms with Crippen LogP contribution in [0.1, 0.15) is 18.4 Å². The van der Waals surface area contributed by atoms with E-state index < -0.39 is 11.7 Å². The Kier molecular flexibility index (Phi) is 4.43. The quantitative estimate of drug-likeness (QED) is 0.648. The molecule has 1 saturated heterocycles. The maximum Gasteiger partial charge on any atom is 0.418 e. The van der Waals surface area contributed by atoms with Crippen LogP contribution in [-0.4, -0.2) is 24.2 Å². The predicted octanol–water partition coefficient (Wildman–Crippen LogP) is 4.69. The molecule has 2 aromatic carbocycles. The number of anilines is 2. The highest BCUT2D eigenvalue weighted by Gasteiger charge is 2.36. The van der Waals surface area contributed by atoms with Gasteiger partial charge in [-0.25, -0.2) is 4.98 Å². The molecule has 0 radical (unpaired) electrons. The lowest BCUT2D eigenvalue weighted by molar-refractivity contribution is -0.136. The molecule has 0 unspecified atom stereocenters. The monoisotopic (exact) mass is 377 g/mol. The molecule has 0 amide bonds. The van der Waals surface area contributed by atoms with E-state index in [1.54, 1.807) is 24.3 Å². The van der Waals surface area contributed by atoms with Crippen molar-refractivity contribution in [1.82, 2.24) is 4.98 Å². The molecule has 3 aromatic rings. The number of aromatic nitrogens is 1. The van der Waals surface area contributed by atoms with Gasteiger partial charge in [-0.05, 0) is 37.1 Å². The average molecular weight is 377 g/mol. The molecule has 4 rings (SSSR count). The Morgan fingerprint density at radius 2 is 1.85 bits per heavy atom. The molecule has 0 spiro atoms. The molecule has 3 N–H and O–H groups in total. The Hall–Kier alpha value is -2.74. The Balaban J connectivity index is 1.77. The number of nitrogens with two attached hydrogens (primary N) is 1. The highest BCUT2D eigenvalue weighted by atomic mass is 19.4. The average Bonchev–Trinajstić information content (AvgIpc) is 3.07. The third-order valence-corrected chi connectivity index (χ3v) is 4.58. The summed E-state index contributed by atoms with van der Waals surface area (Å²) in [5.74, 6) is 0.103. The lowest BCUT2D eigenvalue weighted by Gasteiger charge is -2.27. The van der Waals surface area contributed by atoms with Crippen LogP contribution in [0, 0.1) is 0 Å². The molecule has 142 valence electrons. The van der Waals surface area contributed by atoms with E-state index in [1.807, 2.05) is 0 Å². The molecule has 1 fully saturated rings. The van der Waals surface area contributed by atoms with Crippen molar-refractivity contribution in [3.8, 4) is 11.5 Å². The minimum Gasteiger partial charge on any atom is -0.436 e. The second-order valence-corrected chi connectivity index (χ2v) is 6.50. The number of oxazole rings is 1. The van der Waals surface area contributed by atoms with Gasteiger partial charge in [-0.1, -0.05) is 12.1 Å². The van der Waals surface area contributed by atoms with Crippen molar-refractivity contribution < 1.29 is 22.3 Å². The van der Waals surface area contributed by atoms with Crippen LogP contribution >= 0.6 is 0 Å². The fourth-order valence-corrected chi connectivity index (χ4v) is 3.21. The summed E-state index contributed by atoms with van der Waals surface area (Å²) in [4.78, 5) is 4.27. The van der Waals surface area contributed by atoms with Gasteiger partial charge in [-0.2, -0.15) is 13.2 Å². The van der Waals surface area contributed by atoms with Crippen molar-refractivity contribution in [2.75, 3.05) is 24.3 Å². The fourth-order valence-electron chi connectivity index (χ4n) is 3.21. The van der Waals surface area contributed by atoms with E-state index in [1.165, 1.54) is 6.07 Å². The number of nitrogen functional groups attached to an aromatic ring is 1. The number of fused-ring (bicyclic) bond motifs is 1. The number of para-hydroxylation sites is 2. The van der Waals surface area contributed by atoms with Gasteiger partial charge in [0, 0.05) is 24.8 Å². The maximum atomic E-state index is 13.7. The Bertz CT molecular complexity index is 929. The number of benzene rings is 2. The van der Waals surface area contributed by atoms with Gasteiger partial charge in [-0.3, -0.25) is 0 Å². The normalized spacial score (nSPS) is 16.0. The van der Waals surface area contributed by atoms with Crippen LogP contribution in [0.5, 0.6) is 0 Å². The first-order valence-electron chi connectivity index (χ1n) is 8.63. The lowest BCUT2D eigenvalue weighted by atomic mass is 10.0. The van der Waals surface area contributed by atoms with E-state index in [4.69, 9.17) is 14.9 Å². The molecule has 0 aliphatic carbocycles. The minimum atomic E-state index is -4.57. The van der Waals surface area contributed by atoms with Crippen molar-refractivity contribution in [2.24, 2.45) is 0 Å². The summed E-state index contributed by atoms with van der Waals surface area (Å²) in [6, 6.07) is 9.37. The first kappa shape index (κ1) is 17.7. The van der Waals surface area contributed by atoms with Crippen molar-refractivity contribution in [3.63, 3.8) is 0 Å².